The molecule has 9 heteroatoms. The van der Waals surface area contributed by atoms with Gasteiger partial charge in [0.2, 0.25) is 0 Å². The van der Waals surface area contributed by atoms with E-state index in [9.17, 15) is 5.11 Å². The summed E-state index contributed by atoms with van der Waals surface area (Å²) in [6.07, 6.45) is 6.06. The Bertz CT molecular complexity index is 755. The number of halogens is 1. The molecule has 0 spiro atoms. The molecule has 0 aromatic carbocycles. The van der Waals surface area contributed by atoms with Crippen LogP contribution in [0.1, 0.15) is 43.2 Å². The molecule has 0 bridgehead atoms. The molecule has 1 saturated heterocycles. The van der Waals surface area contributed by atoms with Gasteiger partial charge in [-0.1, -0.05) is 6.07 Å². The van der Waals surface area contributed by atoms with Crippen molar-refractivity contribution < 1.29 is 5.11 Å². The molecule has 2 aromatic heterocycles. The summed E-state index contributed by atoms with van der Waals surface area (Å²) in [7, 11) is 1.84. The van der Waals surface area contributed by atoms with E-state index < -0.39 is 5.60 Å². The summed E-state index contributed by atoms with van der Waals surface area (Å²) < 4.78 is 1.69. The van der Waals surface area contributed by atoms with Gasteiger partial charge in [0.1, 0.15) is 5.60 Å². The number of likely N-dealkylation sites (tertiary alicyclic amines) is 1. The highest BCUT2D eigenvalue weighted by atomic mass is 127. The van der Waals surface area contributed by atoms with Crippen LogP contribution in [0.4, 0.5) is 0 Å². The zero-order valence-corrected chi connectivity index (χ0v) is 20.6. The number of thiophene rings is 1. The monoisotopic (exact) mass is 532 g/mol. The summed E-state index contributed by atoms with van der Waals surface area (Å²) >= 11 is 1.81. The lowest BCUT2D eigenvalue weighted by molar-refractivity contribution is 0.0671. The first-order valence-corrected chi connectivity index (χ1v) is 10.9. The number of aliphatic imine (C=N–C) groups is 1. The van der Waals surface area contributed by atoms with Gasteiger partial charge in [-0.25, -0.2) is 4.99 Å². The fraction of sp³-hybridized carbons (Fsp3) is 0.600. The van der Waals surface area contributed by atoms with Crippen LogP contribution in [-0.4, -0.2) is 58.5 Å². The van der Waals surface area contributed by atoms with Gasteiger partial charge in [0.25, 0.3) is 0 Å². The first kappa shape index (κ1) is 24.1. The molecular weight excluding hydrogens is 499 g/mol. The summed E-state index contributed by atoms with van der Waals surface area (Å²) in [6.45, 7) is 7.95. The van der Waals surface area contributed by atoms with Crippen LogP contribution in [-0.2, 0) is 12.6 Å². The summed E-state index contributed by atoms with van der Waals surface area (Å²) in [4.78, 5) is 8.57. The maximum Gasteiger partial charge on any atom is 0.191 e. The van der Waals surface area contributed by atoms with Crippen LogP contribution >= 0.6 is 35.3 Å². The molecule has 0 saturated carbocycles. The second-order valence-electron chi connectivity index (χ2n) is 7.53. The third-order valence-electron chi connectivity index (χ3n) is 5.13. The van der Waals surface area contributed by atoms with E-state index in [0.29, 0.717) is 6.04 Å². The van der Waals surface area contributed by atoms with E-state index in [4.69, 9.17) is 0 Å². The number of nitrogens with one attached hydrogen (secondary N) is 2. The van der Waals surface area contributed by atoms with E-state index in [0.717, 1.165) is 37.7 Å². The largest absolute Gasteiger partial charge is 0.383 e. The number of hydrogen-bond acceptors (Lipinski definition) is 5. The van der Waals surface area contributed by atoms with Gasteiger partial charge >= 0.3 is 0 Å². The van der Waals surface area contributed by atoms with Crippen LogP contribution < -0.4 is 10.6 Å². The summed E-state index contributed by atoms with van der Waals surface area (Å²) in [5.74, 6) is 0.729. The highest BCUT2D eigenvalue weighted by Gasteiger charge is 2.26. The van der Waals surface area contributed by atoms with E-state index in [2.05, 4.69) is 43.1 Å². The molecule has 1 aliphatic heterocycles. The van der Waals surface area contributed by atoms with E-state index in [-0.39, 0.29) is 30.5 Å². The maximum atomic E-state index is 10.8. The Hall–Kier alpha value is -1.17. The third-order valence-corrected chi connectivity index (χ3v) is 6.11. The number of aryl methyl sites for hydroxylation is 1. The molecular formula is C20H33IN6OS. The zero-order chi connectivity index (χ0) is 20.0. The molecule has 1 aliphatic rings. The molecule has 0 aliphatic carbocycles. The molecule has 0 amide bonds. The van der Waals surface area contributed by atoms with Crippen LogP contribution in [0.5, 0.6) is 0 Å². The van der Waals surface area contributed by atoms with Crippen molar-refractivity contribution in [3.05, 3.63) is 40.3 Å². The third kappa shape index (κ3) is 6.66. The Kier molecular flexibility index (Phi) is 9.38. The van der Waals surface area contributed by atoms with Crippen LogP contribution in [0.2, 0.25) is 0 Å². The molecule has 2 unspecified atom stereocenters. The van der Waals surface area contributed by atoms with Gasteiger partial charge in [0.05, 0.1) is 18.8 Å². The summed E-state index contributed by atoms with van der Waals surface area (Å²) in [5, 5.41) is 23.9. The van der Waals surface area contributed by atoms with Gasteiger partial charge in [0, 0.05) is 36.8 Å². The predicted molar refractivity (Wildman–Crippen MR) is 130 cm³/mol. The predicted octanol–water partition coefficient (Wildman–Crippen LogP) is 2.70. The molecule has 29 heavy (non-hydrogen) atoms. The van der Waals surface area contributed by atoms with Crippen molar-refractivity contribution in [1.82, 2.24) is 25.3 Å². The van der Waals surface area contributed by atoms with Crippen LogP contribution in [0.15, 0.2) is 34.9 Å². The minimum atomic E-state index is -1.06. The smallest absolute Gasteiger partial charge is 0.191 e. The number of hydrogen-bond donors (Lipinski definition) is 3. The fourth-order valence-corrected chi connectivity index (χ4v) is 4.36. The Morgan fingerprint density at radius 1 is 1.38 bits per heavy atom. The van der Waals surface area contributed by atoms with Gasteiger partial charge in [-0.15, -0.1) is 35.3 Å². The quantitative estimate of drug-likeness (QED) is 0.277. The Labute approximate surface area is 194 Å². The van der Waals surface area contributed by atoms with Gasteiger partial charge in [-0.3, -0.25) is 9.58 Å². The number of aromatic nitrogens is 2. The molecule has 0 radical (unpaired) electrons. The second-order valence-corrected chi connectivity index (χ2v) is 8.51. The van der Waals surface area contributed by atoms with Crippen molar-refractivity contribution in [2.24, 2.45) is 12.0 Å². The minimum Gasteiger partial charge on any atom is -0.383 e. The second kappa shape index (κ2) is 11.3. The van der Waals surface area contributed by atoms with Crippen molar-refractivity contribution in [2.45, 2.75) is 38.3 Å². The van der Waals surface area contributed by atoms with Crippen LogP contribution in [0, 0.1) is 0 Å². The van der Waals surface area contributed by atoms with Crippen molar-refractivity contribution in [3.63, 3.8) is 0 Å². The number of guanidine groups is 1. The molecule has 3 N–H and O–H groups in total. The lowest BCUT2D eigenvalue weighted by atomic mass is 10.0. The number of aliphatic hydroxyl groups is 1. The molecule has 2 atom stereocenters. The van der Waals surface area contributed by atoms with Gasteiger partial charge < -0.3 is 15.7 Å². The first-order valence-electron chi connectivity index (χ1n) is 10.0. The average Bonchev–Trinajstić information content (AvgIpc) is 3.42. The molecule has 3 rings (SSSR count). The topological polar surface area (TPSA) is 77.7 Å². The molecule has 2 aromatic rings. The maximum absolute atomic E-state index is 10.8. The lowest BCUT2D eigenvalue weighted by Crippen LogP contribution is -2.43. The lowest BCUT2D eigenvalue weighted by Gasteiger charge is -2.28. The molecule has 7 nitrogen and oxygen atoms in total. The SMILES string of the molecule is CCNC(=NCC(C)(O)c1cnn(C)c1)NCC(c1cccs1)N1CCCC1.I. The normalized spacial score (nSPS) is 18.1. The fourth-order valence-electron chi connectivity index (χ4n) is 3.50. The Balaban J connectivity index is 0.00000300. The van der Waals surface area contributed by atoms with Crippen molar-refractivity contribution in [3.8, 4) is 0 Å². The van der Waals surface area contributed by atoms with Crippen LogP contribution in [0.3, 0.4) is 0 Å². The van der Waals surface area contributed by atoms with Gasteiger partial charge in [-0.05, 0) is 51.2 Å². The highest BCUT2D eigenvalue weighted by Crippen LogP contribution is 2.27. The Morgan fingerprint density at radius 2 is 2.14 bits per heavy atom. The van der Waals surface area contributed by atoms with Crippen molar-refractivity contribution in [1.29, 1.82) is 0 Å². The van der Waals surface area contributed by atoms with E-state index in [1.165, 1.54) is 17.7 Å². The van der Waals surface area contributed by atoms with Crippen LogP contribution in [0.25, 0.3) is 0 Å². The van der Waals surface area contributed by atoms with Crippen molar-refractivity contribution >= 4 is 41.3 Å². The van der Waals surface area contributed by atoms with Gasteiger partial charge in [-0.2, -0.15) is 5.10 Å². The standard InChI is InChI=1S/C20H32N6OS.HI/c1-4-21-19(23-15-20(2,27)16-12-24-25(3)14-16)22-13-17(18-8-7-11-28-18)26-9-5-6-10-26;/h7-8,11-12,14,17,27H,4-6,9-10,13,15H2,1-3H3,(H2,21,22,23);1H. The summed E-state index contributed by atoms with van der Waals surface area (Å²) in [6, 6.07) is 4.69. The average molecular weight is 532 g/mol. The highest BCUT2D eigenvalue weighted by molar-refractivity contribution is 14.0. The zero-order valence-electron chi connectivity index (χ0n) is 17.5. The van der Waals surface area contributed by atoms with Crippen molar-refractivity contribution in [2.75, 3.05) is 32.7 Å². The Morgan fingerprint density at radius 3 is 2.72 bits per heavy atom. The minimum absolute atomic E-state index is 0. The van der Waals surface area contributed by atoms with E-state index >= 15 is 0 Å². The van der Waals surface area contributed by atoms with E-state index in [1.54, 1.807) is 17.8 Å². The molecule has 1 fully saturated rings. The van der Waals surface area contributed by atoms with E-state index in [1.807, 2.05) is 31.5 Å². The van der Waals surface area contributed by atoms with Gasteiger partial charge in [0.15, 0.2) is 5.96 Å². The first-order chi connectivity index (χ1) is 13.5. The number of rotatable bonds is 8. The summed E-state index contributed by atoms with van der Waals surface area (Å²) in [5.41, 5.74) is -0.290. The molecule has 162 valence electrons. The number of nitrogens with zero attached hydrogens (tertiary/aromatic N) is 4. The molecule has 3 heterocycles.